The molecule has 6 rings (SSSR count). The molecule has 1 unspecified atom stereocenters. The number of methoxy groups -OCH3 is 2. The lowest BCUT2D eigenvalue weighted by atomic mass is 9.80. The lowest BCUT2D eigenvalue weighted by molar-refractivity contribution is -0.0937. The second-order valence-electron chi connectivity index (χ2n) is 12.5. The Bertz CT molecular complexity index is 2210. The van der Waals surface area contributed by atoms with Gasteiger partial charge in [0.1, 0.15) is 41.3 Å². The molecule has 0 spiro atoms. The van der Waals surface area contributed by atoms with E-state index in [1.807, 2.05) is 84.9 Å². The maximum absolute atomic E-state index is 14.4. The third kappa shape index (κ3) is 9.03. The van der Waals surface area contributed by atoms with Gasteiger partial charge in [0.2, 0.25) is 0 Å². The number of phosphoric ester groups is 1. The van der Waals surface area contributed by atoms with Crippen molar-refractivity contribution in [1.29, 1.82) is 5.26 Å². The number of halogens is 1. The number of H-pyrrole nitrogens is 1. The molecular weight excluding hydrogens is 749 g/mol. The number of aromatic amines is 1. The van der Waals surface area contributed by atoms with Gasteiger partial charge in [-0.1, -0.05) is 66.2 Å². The average molecular weight is 788 g/mol. The van der Waals surface area contributed by atoms with Crippen LogP contribution in [0.1, 0.15) is 41.3 Å². The Morgan fingerprint density at radius 3 is 2.05 bits per heavy atom. The van der Waals surface area contributed by atoms with E-state index in [-0.39, 0.29) is 37.4 Å². The molecule has 4 atom stereocenters. The number of nitriles is 1. The molecule has 1 saturated heterocycles. The highest BCUT2D eigenvalue weighted by molar-refractivity contribution is 7.49. The first-order valence-electron chi connectivity index (χ1n) is 17.3. The van der Waals surface area contributed by atoms with Crippen molar-refractivity contribution in [3.8, 4) is 23.3 Å². The molecule has 1 fully saturated rings. The summed E-state index contributed by atoms with van der Waals surface area (Å²) < 4.78 is 57.8. The van der Waals surface area contributed by atoms with Crippen molar-refractivity contribution in [2.24, 2.45) is 0 Å². The van der Waals surface area contributed by atoms with Crippen LogP contribution < -0.4 is 25.2 Å². The number of phosphoric acid groups is 1. The summed E-state index contributed by atoms with van der Waals surface area (Å²) in [6.45, 7) is 1.13. The van der Waals surface area contributed by atoms with Crippen LogP contribution in [0.4, 0.5) is 0 Å². The Morgan fingerprint density at radius 2 is 1.47 bits per heavy atom. The number of aromatic nitrogens is 2. The second-order valence-corrected chi connectivity index (χ2v) is 14.5. The van der Waals surface area contributed by atoms with Gasteiger partial charge in [0.15, 0.2) is 0 Å². The summed E-state index contributed by atoms with van der Waals surface area (Å²) in [6, 6.07) is 32.6. The van der Waals surface area contributed by atoms with Crippen molar-refractivity contribution in [3.63, 3.8) is 0 Å². The fourth-order valence-corrected chi connectivity index (χ4v) is 7.82. The molecule has 0 aliphatic carbocycles. The molecule has 13 nitrogen and oxygen atoms in total. The van der Waals surface area contributed by atoms with E-state index in [1.54, 1.807) is 33.3 Å². The van der Waals surface area contributed by atoms with Crippen molar-refractivity contribution in [3.05, 3.63) is 157 Å². The van der Waals surface area contributed by atoms with Crippen molar-refractivity contribution in [2.45, 2.75) is 43.8 Å². The molecule has 1 aliphatic rings. The molecule has 2 heterocycles. The fourth-order valence-electron chi connectivity index (χ4n) is 6.29. The molecule has 15 heteroatoms. The number of benzene rings is 4. The lowest BCUT2D eigenvalue weighted by Gasteiger charge is -2.37. The lowest BCUT2D eigenvalue weighted by Crippen LogP contribution is -2.38. The Morgan fingerprint density at radius 1 is 0.891 bits per heavy atom. The Balaban J connectivity index is 1.43. The standard InChI is InChI=1S/C40H39ClN3O10P/c1-27-25-44(39(46)43-38(27)45)37-24-35(54-55(47,51-23-7-22-42)53-34-20-14-31(41)15-21-34)36(52-37)26-50-40(28-8-5-4-6-9-28,29-10-16-32(48-2)17-11-29)30-12-18-33(49-3)19-13-30/h4-6,8-21,25,35-37H,7,23-24,26H2,1-3H3,(H,43,45,46)/t35-,36+,37+,55?/m0/s1. The van der Waals surface area contributed by atoms with Gasteiger partial charge in [-0.2, -0.15) is 5.26 Å². The van der Waals surface area contributed by atoms with Crippen LogP contribution in [0.15, 0.2) is 119 Å². The third-order valence-corrected chi connectivity index (χ3v) is 10.7. The maximum Gasteiger partial charge on any atom is 0.530 e. The maximum atomic E-state index is 14.4. The summed E-state index contributed by atoms with van der Waals surface area (Å²) in [7, 11) is -1.31. The van der Waals surface area contributed by atoms with Crippen molar-refractivity contribution in [2.75, 3.05) is 27.4 Å². The SMILES string of the molecule is COc1ccc(C(OC[C@H]2O[C@@H](n3cc(C)c(=O)[nH]c3=O)C[C@@H]2OP(=O)(OCCC#N)Oc2ccc(Cl)cc2)(c2ccccc2)c2ccc(OC)cc2)cc1. The zero-order chi connectivity index (χ0) is 39.0. The molecule has 0 radical (unpaired) electrons. The minimum Gasteiger partial charge on any atom is -0.497 e. The molecule has 1 aromatic heterocycles. The van der Waals surface area contributed by atoms with Crippen molar-refractivity contribution < 1.29 is 37.1 Å². The van der Waals surface area contributed by atoms with Gasteiger partial charge in [0.25, 0.3) is 5.56 Å². The van der Waals surface area contributed by atoms with Crippen LogP contribution in [0, 0.1) is 18.3 Å². The molecular formula is C40H39ClN3O10P. The first-order valence-corrected chi connectivity index (χ1v) is 19.1. The monoisotopic (exact) mass is 787 g/mol. The van der Waals surface area contributed by atoms with Gasteiger partial charge in [-0.3, -0.25) is 23.4 Å². The van der Waals surface area contributed by atoms with Gasteiger partial charge in [-0.05, 0) is 72.1 Å². The number of ether oxygens (including phenoxy) is 4. The Hall–Kier alpha value is -5.19. The number of hydrogen-bond donors (Lipinski definition) is 1. The number of nitrogens with one attached hydrogen (secondary N) is 1. The van der Waals surface area contributed by atoms with Gasteiger partial charge in [-0.15, -0.1) is 0 Å². The minimum atomic E-state index is -4.48. The highest BCUT2D eigenvalue weighted by Crippen LogP contribution is 2.53. The summed E-state index contributed by atoms with van der Waals surface area (Å²) in [5.41, 5.74) is 0.0541. The number of hydrogen-bond acceptors (Lipinski definition) is 11. The molecule has 0 amide bonds. The predicted octanol–water partition coefficient (Wildman–Crippen LogP) is 7.31. The van der Waals surface area contributed by atoms with Gasteiger partial charge in [0.05, 0.1) is 39.9 Å². The van der Waals surface area contributed by atoms with E-state index in [4.69, 9.17) is 44.1 Å². The van der Waals surface area contributed by atoms with Crippen LogP contribution in [0.3, 0.4) is 0 Å². The van der Waals surface area contributed by atoms with Gasteiger partial charge >= 0.3 is 13.5 Å². The van der Waals surface area contributed by atoms with E-state index in [1.165, 1.54) is 22.9 Å². The summed E-state index contributed by atoms with van der Waals surface area (Å²) in [5.74, 6) is 1.43. The van der Waals surface area contributed by atoms with Crippen molar-refractivity contribution in [1.82, 2.24) is 9.55 Å². The highest BCUT2D eigenvalue weighted by Gasteiger charge is 2.46. The van der Waals surface area contributed by atoms with Crippen LogP contribution >= 0.6 is 19.4 Å². The topological polar surface area (TPSA) is 160 Å². The summed E-state index contributed by atoms with van der Waals surface area (Å²) >= 11 is 6.07. The second kappa shape index (κ2) is 17.5. The van der Waals surface area contributed by atoms with Gasteiger partial charge < -0.3 is 23.5 Å². The summed E-state index contributed by atoms with van der Waals surface area (Å²) in [5, 5.41) is 9.63. The first-order chi connectivity index (χ1) is 26.6. The molecule has 286 valence electrons. The normalized spacial score (nSPS) is 17.9. The average Bonchev–Trinajstić information content (AvgIpc) is 3.59. The zero-order valence-corrected chi connectivity index (χ0v) is 31.9. The van der Waals surface area contributed by atoms with E-state index in [2.05, 4.69) is 4.98 Å². The van der Waals surface area contributed by atoms with Crippen LogP contribution in [-0.2, 0) is 28.7 Å². The number of aryl methyl sites for hydroxylation is 1. The molecule has 5 aromatic rings. The zero-order valence-electron chi connectivity index (χ0n) is 30.3. The predicted molar refractivity (Wildman–Crippen MR) is 204 cm³/mol. The molecule has 0 bridgehead atoms. The Labute approximate surface area is 322 Å². The Kier molecular flexibility index (Phi) is 12.6. The van der Waals surface area contributed by atoms with Crippen LogP contribution in [0.2, 0.25) is 5.02 Å². The molecule has 1 N–H and O–H groups in total. The molecule has 4 aromatic carbocycles. The van der Waals surface area contributed by atoms with Crippen LogP contribution in [0.5, 0.6) is 17.2 Å². The largest absolute Gasteiger partial charge is 0.530 e. The van der Waals surface area contributed by atoms with E-state index in [0.717, 1.165) is 16.7 Å². The number of nitrogens with zero attached hydrogens (tertiary/aromatic N) is 2. The van der Waals surface area contributed by atoms with Crippen LogP contribution in [-0.4, -0.2) is 49.2 Å². The first kappa shape index (κ1) is 39.5. The highest BCUT2D eigenvalue weighted by atomic mass is 35.5. The number of rotatable bonds is 16. The third-order valence-electron chi connectivity index (χ3n) is 9.03. The summed E-state index contributed by atoms with van der Waals surface area (Å²) in [6.07, 6.45) is -1.78. The molecule has 1 aliphatic heterocycles. The van der Waals surface area contributed by atoms with E-state index < -0.39 is 43.1 Å². The van der Waals surface area contributed by atoms with E-state index in [0.29, 0.717) is 16.5 Å². The minimum absolute atomic E-state index is 0.0294. The fraction of sp³-hybridized carbons (Fsp3) is 0.275. The van der Waals surface area contributed by atoms with Gasteiger partial charge in [-0.25, -0.2) is 9.36 Å². The van der Waals surface area contributed by atoms with E-state index >= 15 is 0 Å². The smallest absolute Gasteiger partial charge is 0.497 e. The van der Waals surface area contributed by atoms with Gasteiger partial charge in [0, 0.05) is 23.2 Å². The molecule has 0 saturated carbocycles. The van der Waals surface area contributed by atoms with Crippen LogP contribution in [0.25, 0.3) is 0 Å². The summed E-state index contributed by atoms with van der Waals surface area (Å²) in [4.78, 5) is 27.7. The van der Waals surface area contributed by atoms with Crippen molar-refractivity contribution >= 4 is 19.4 Å². The quantitative estimate of drug-likeness (QED) is 0.0607. The van der Waals surface area contributed by atoms with E-state index in [9.17, 15) is 19.4 Å². The molecule has 55 heavy (non-hydrogen) atoms.